The number of nitrogens with two attached hydrogens (primary N) is 1. The molecule has 0 saturated carbocycles. The van der Waals surface area contributed by atoms with E-state index in [0.717, 1.165) is 29.6 Å². The van der Waals surface area contributed by atoms with Gasteiger partial charge in [-0.25, -0.2) is 0 Å². The molecular formula is C16H21N3. The number of aryl methyl sites for hydroxylation is 1. The average molecular weight is 255 g/mol. The van der Waals surface area contributed by atoms with E-state index in [-0.39, 0.29) is 6.04 Å². The molecule has 3 N–H and O–H groups in total. The summed E-state index contributed by atoms with van der Waals surface area (Å²) in [4.78, 5) is 4.71. The smallest absolute Gasteiger partial charge is 0.0708 e. The average Bonchev–Trinajstić information content (AvgIpc) is 2.39. The normalized spacial score (nSPS) is 12.6. The SMILES string of the molecule is C=C(C)CCC(NN)c1cc(C)c2ccccc2n1. The Morgan fingerprint density at radius 1 is 1.42 bits per heavy atom. The first-order valence-electron chi connectivity index (χ1n) is 6.58. The second kappa shape index (κ2) is 5.95. The first kappa shape index (κ1) is 13.7. The van der Waals surface area contributed by atoms with E-state index >= 15 is 0 Å². The van der Waals surface area contributed by atoms with Crippen molar-refractivity contribution in [2.75, 3.05) is 0 Å². The molecule has 1 atom stereocenters. The maximum absolute atomic E-state index is 5.67. The van der Waals surface area contributed by atoms with Crippen molar-refractivity contribution in [2.45, 2.75) is 32.7 Å². The molecule has 0 saturated heterocycles. The molecule has 0 aliphatic rings. The quantitative estimate of drug-likeness (QED) is 0.489. The Balaban J connectivity index is 2.35. The second-order valence-electron chi connectivity index (χ2n) is 5.10. The molecule has 3 heteroatoms. The van der Waals surface area contributed by atoms with E-state index in [1.807, 2.05) is 25.1 Å². The standard InChI is InChI=1S/C16H21N3/c1-11(2)8-9-15(19-17)16-10-12(3)13-6-4-5-7-14(13)18-16/h4-7,10,15,19H,1,8-9,17H2,2-3H3. The van der Waals surface area contributed by atoms with Crippen molar-refractivity contribution in [3.8, 4) is 0 Å². The number of nitrogens with zero attached hydrogens (tertiary/aromatic N) is 1. The van der Waals surface area contributed by atoms with Crippen LogP contribution in [-0.2, 0) is 0 Å². The van der Waals surface area contributed by atoms with E-state index in [1.165, 1.54) is 10.9 Å². The van der Waals surface area contributed by atoms with Crippen molar-refractivity contribution in [3.63, 3.8) is 0 Å². The largest absolute Gasteiger partial charge is 0.271 e. The van der Waals surface area contributed by atoms with Crippen LogP contribution in [0.2, 0.25) is 0 Å². The van der Waals surface area contributed by atoms with Crippen LogP contribution >= 0.6 is 0 Å². The van der Waals surface area contributed by atoms with Gasteiger partial charge in [-0.1, -0.05) is 23.8 Å². The van der Waals surface area contributed by atoms with Gasteiger partial charge in [-0.15, -0.1) is 6.58 Å². The maximum Gasteiger partial charge on any atom is 0.0708 e. The summed E-state index contributed by atoms with van der Waals surface area (Å²) in [5.74, 6) is 5.67. The molecule has 0 bridgehead atoms. The molecule has 1 unspecified atom stereocenters. The van der Waals surface area contributed by atoms with Gasteiger partial charge in [0.2, 0.25) is 0 Å². The van der Waals surface area contributed by atoms with Crippen molar-refractivity contribution in [1.29, 1.82) is 0 Å². The third-order valence-electron chi connectivity index (χ3n) is 3.36. The number of benzene rings is 1. The Hall–Kier alpha value is -1.71. The number of fused-ring (bicyclic) bond motifs is 1. The minimum Gasteiger partial charge on any atom is -0.271 e. The lowest BCUT2D eigenvalue weighted by Gasteiger charge is -2.17. The van der Waals surface area contributed by atoms with Crippen molar-refractivity contribution < 1.29 is 0 Å². The number of aromatic nitrogens is 1. The number of hydrogen-bond acceptors (Lipinski definition) is 3. The van der Waals surface area contributed by atoms with Gasteiger partial charge in [0.1, 0.15) is 0 Å². The van der Waals surface area contributed by atoms with Crippen LogP contribution in [0.3, 0.4) is 0 Å². The molecule has 1 aromatic carbocycles. The van der Waals surface area contributed by atoms with Crippen LogP contribution in [0.25, 0.3) is 10.9 Å². The van der Waals surface area contributed by atoms with E-state index in [9.17, 15) is 0 Å². The molecule has 2 aromatic rings. The fourth-order valence-electron chi connectivity index (χ4n) is 2.26. The summed E-state index contributed by atoms with van der Waals surface area (Å²) in [6.45, 7) is 8.08. The molecule has 1 heterocycles. The van der Waals surface area contributed by atoms with Crippen molar-refractivity contribution in [3.05, 3.63) is 53.7 Å². The van der Waals surface area contributed by atoms with Crippen LogP contribution in [0.15, 0.2) is 42.5 Å². The molecule has 0 amide bonds. The Morgan fingerprint density at radius 3 is 2.84 bits per heavy atom. The molecule has 1 aromatic heterocycles. The Bertz CT molecular complexity index is 590. The Morgan fingerprint density at radius 2 is 2.16 bits per heavy atom. The van der Waals surface area contributed by atoms with Crippen LogP contribution in [-0.4, -0.2) is 4.98 Å². The fraction of sp³-hybridized carbons (Fsp3) is 0.312. The highest BCUT2D eigenvalue weighted by molar-refractivity contribution is 5.82. The third kappa shape index (κ3) is 3.19. The van der Waals surface area contributed by atoms with Gasteiger partial charge in [0.25, 0.3) is 0 Å². The summed E-state index contributed by atoms with van der Waals surface area (Å²) in [6, 6.07) is 10.4. The monoisotopic (exact) mass is 255 g/mol. The van der Waals surface area contributed by atoms with Gasteiger partial charge in [0.15, 0.2) is 0 Å². The molecule has 0 aliphatic heterocycles. The number of pyridine rings is 1. The van der Waals surface area contributed by atoms with E-state index in [0.29, 0.717) is 0 Å². The highest BCUT2D eigenvalue weighted by Gasteiger charge is 2.13. The van der Waals surface area contributed by atoms with E-state index in [1.54, 1.807) is 0 Å². The molecule has 0 fully saturated rings. The van der Waals surface area contributed by atoms with Gasteiger partial charge < -0.3 is 0 Å². The van der Waals surface area contributed by atoms with E-state index in [2.05, 4.69) is 31.1 Å². The summed E-state index contributed by atoms with van der Waals surface area (Å²) < 4.78 is 0. The molecule has 19 heavy (non-hydrogen) atoms. The highest BCUT2D eigenvalue weighted by atomic mass is 15.2. The summed E-state index contributed by atoms with van der Waals surface area (Å²) in [5, 5.41) is 1.20. The summed E-state index contributed by atoms with van der Waals surface area (Å²) in [7, 11) is 0. The predicted molar refractivity (Wildman–Crippen MR) is 80.6 cm³/mol. The van der Waals surface area contributed by atoms with Crippen LogP contribution in [0.1, 0.15) is 37.1 Å². The van der Waals surface area contributed by atoms with E-state index in [4.69, 9.17) is 10.8 Å². The summed E-state index contributed by atoms with van der Waals surface area (Å²) in [5.41, 5.74) is 7.28. The molecule has 0 spiro atoms. The highest BCUT2D eigenvalue weighted by Crippen LogP contribution is 2.23. The minimum atomic E-state index is 0.0695. The zero-order chi connectivity index (χ0) is 13.8. The van der Waals surface area contributed by atoms with Crippen LogP contribution < -0.4 is 11.3 Å². The Labute approximate surface area is 114 Å². The van der Waals surface area contributed by atoms with Gasteiger partial charge in [-0.3, -0.25) is 16.3 Å². The van der Waals surface area contributed by atoms with Crippen LogP contribution in [0.5, 0.6) is 0 Å². The van der Waals surface area contributed by atoms with Crippen LogP contribution in [0, 0.1) is 6.92 Å². The molecule has 100 valence electrons. The molecule has 3 nitrogen and oxygen atoms in total. The van der Waals surface area contributed by atoms with Crippen molar-refractivity contribution in [2.24, 2.45) is 5.84 Å². The first-order valence-corrected chi connectivity index (χ1v) is 6.58. The number of hydrogen-bond donors (Lipinski definition) is 2. The number of hydrazine groups is 1. The van der Waals surface area contributed by atoms with Crippen LogP contribution in [0.4, 0.5) is 0 Å². The number of allylic oxidation sites excluding steroid dienone is 1. The Kier molecular flexibility index (Phi) is 4.30. The molecular weight excluding hydrogens is 234 g/mol. The lowest BCUT2D eigenvalue weighted by molar-refractivity contribution is 0.505. The van der Waals surface area contributed by atoms with Crippen molar-refractivity contribution in [1.82, 2.24) is 10.4 Å². The van der Waals surface area contributed by atoms with E-state index < -0.39 is 0 Å². The number of para-hydroxylation sites is 1. The molecule has 0 radical (unpaired) electrons. The molecule has 2 rings (SSSR count). The zero-order valence-electron chi connectivity index (χ0n) is 11.6. The van der Waals surface area contributed by atoms with Gasteiger partial charge in [-0.2, -0.15) is 0 Å². The lowest BCUT2D eigenvalue weighted by Crippen LogP contribution is -2.28. The fourth-order valence-corrected chi connectivity index (χ4v) is 2.26. The molecule has 0 aliphatic carbocycles. The topological polar surface area (TPSA) is 50.9 Å². The van der Waals surface area contributed by atoms with Crippen molar-refractivity contribution >= 4 is 10.9 Å². The number of nitrogens with one attached hydrogen (secondary N) is 1. The summed E-state index contributed by atoms with van der Waals surface area (Å²) in [6.07, 6.45) is 1.86. The van der Waals surface area contributed by atoms with Gasteiger partial charge in [0, 0.05) is 5.39 Å². The van der Waals surface area contributed by atoms with Gasteiger partial charge >= 0.3 is 0 Å². The van der Waals surface area contributed by atoms with Gasteiger partial charge in [-0.05, 0) is 44.4 Å². The third-order valence-corrected chi connectivity index (χ3v) is 3.36. The zero-order valence-corrected chi connectivity index (χ0v) is 11.6. The van der Waals surface area contributed by atoms with Gasteiger partial charge in [0.05, 0.1) is 17.3 Å². The maximum atomic E-state index is 5.67. The minimum absolute atomic E-state index is 0.0695. The predicted octanol–water partition coefficient (Wildman–Crippen LogP) is 3.40. The number of rotatable bonds is 5. The lowest BCUT2D eigenvalue weighted by atomic mass is 10.0. The second-order valence-corrected chi connectivity index (χ2v) is 5.10. The summed E-state index contributed by atoms with van der Waals surface area (Å²) >= 11 is 0. The first-order chi connectivity index (χ1) is 9.11.